The lowest BCUT2D eigenvalue weighted by Crippen LogP contribution is -1.99. The van der Waals surface area contributed by atoms with Crippen LogP contribution in [0, 0.1) is 12.7 Å². The fourth-order valence-electron chi connectivity index (χ4n) is 1.40. The molecule has 0 fully saturated rings. The molecule has 1 N–H and O–H groups in total. The maximum absolute atomic E-state index is 13.2. The Morgan fingerprint density at radius 3 is 2.79 bits per heavy atom. The fourth-order valence-corrected chi connectivity index (χ4v) is 1.40. The first-order valence-electron chi connectivity index (χ1n) is 4.57. The molecule has 0 unspecified atom stereocenters. The number of halogens is 1. The van der Waals surface area contributed by atoms with Crippen LogP contribution in [-0.2, 0) is 11.2 Å². The number of carbonyl (C=O) groups is 1. The van der Waals surface area contributed by atoms with Gasteiger partial charge in [0, 0.05) is 6.42 Å². The Bertz CT molecular complexity index is 314. The van der Waals surface area contributed by atoms with Crippen LogP contribution in [-0.4, -0.2) is 11.1 Å². The second-order valence-electron chi connectivity index (χ2n) is 3.28. The molecule has 3 heteroatoms. The average molecular weight is 196 g/mol. The summed E-state index contributed by atoms with van der Waals surface area (Å²) in [5.74, 6) is -1.07. The first kappa shape index (κ1) is 10.7. The minimum absolute atomic E-state index is 0.0910. The van der Waals surface area contributed by atoms with E-state index in [1.165, 1.54) is 6.07 Å². The van der Waals surface area contributed by atoms with Crippen molar-refractivity contribution in [3.63, 3.8) is 0 Å². The van der Waals surface area contributed by atoms with Gasteiger partial charge in [-0.25, -0.2) is 4.39 Å². The Labute approximate surface area is 82.4 Å². The fraction of sp³-hybridized carbons (Fsp3) is 0.364. The van der Waals surface area contributed by atoms with Gasteiger partial charge in [-0.05, 0) is 37.0 Å². The van der Waals surface area contributed by atoms with E-state index >= 15 is 0 Å². The molecule has 0 aliphatic heterocycles. The van der Waals surface area contributed by atoms with Crippen LogP contribution < -0.4 is 0 Å². The summed E-state index contributed by atoms with van der Waals surface area (Å²) in [6.07, 6.45) is 1.07. The number of rotatable bonds is 4. The second-order valence-corrected chi connectivity index (χ2v) is 3.28. The van der Waals surface area contributed by atoms with Gasteiger partial charge >= 0.3 is 5.97 Å². The molecule has 0 bridgehead atoms. The summed E-state index contributed by atoms with van der Waals surface area (Å²) >= 11 is 0. The van der Waals surface area contributed by atoms with Crippen LogP contribution in [0.1, 0.15) is 24.0 Å². The van der Waals surface area contributed by atoms with E-state index in [1.807, 2.05) is 13.0 Å². The lowest BCUT2D eigenvalue weighted by molar-refractivity contribution is -0.137. The number of hydrogen-bond acceptors (Lipinski definition) is 1. The van der Waals surface area contributed by atoms with Crippen molar-refractivity contribution in [2.45, 2.75) is 26.2 Å². The Kier molecular flexibility index (Phi) is 3.63. The van der Waals surface area contributed by atoms with E-state index < -0.39 is 5.97 Å². The zero-order valence-corrected chi connectivity index (χ0v) is 8.09. The molecule has 0 amide bonds. The van der Waals surface area contributed by atoms with E-state index in [4.69, 9.17) is 5.11 Å². The minimum atomic E-state index is -0.834. The SMILES string of the molecule is Cc1cccc(F)c1CCCC(=O)O. The van der Waals surface area contributed by atoms with E-state index in [2.05, 4.69) is 0 Å². The molecule has 0 heterocycles. The van der Waals surface area contributed by atoms with Crippen LogP contribution in [0.25, 0.3) is 0 Å². The van der Waals surface area contributed by atoms with E-state index in [1.54, 1.807) is 6.07 Å². The average Bonchev–Trinajstić information content (AvgIpc) is 2.09. The van der Waals surface area contributed by atoms with Crippen LogP contribution in [0.4, 0.5) is 4.39 Å². The van der Waals surface area contributed by atoms with Crippen molar-refractivity contribution in [2.75, 3.05) is 0 Å². The van der Waals surface area contributed by atoms with Crippen molar-refractivity contribution in [2.24, 2.45) is 0 Å². The predicted molar refractivity (Wildman–Crippen MR) is 51.7 cm³/mol. The molecule has 0 spiro atoms. The van der Waals surface area contributed by atoms with Crippen molar-refractivity contribution >= 4 is 5.97 Å². The zero-order chi connectivity index (χ0) is 10.6. The van der Waals surface area contributed by atoms with Gasteiger partial charge in [0.2, 0.25) is 0 Å². The third kappa shape index (κ3) is 2.83. The molecule has 76 valence electrons. The minimum Gasteiger partial charge on any atom is -0.481 e. The van der Waals surface area contributed by atoms with Crippen molar-refractivity contribution in [3.05, 3.63) is 35.1 Å². The topological polar surface area (TPSA) is 37.3 Å². The van der Waals surface area contributed by atoms with Crippen LogP contribution in [0.15, 0.2) is 18.2 Å². The highest BCUT2D eigenvalue weighted by Crippen LogP contribution is 2.15. The number of benzene rings is 1. The van der Waals surface area contributed by atoms with E-state index in [0.29, 0.717) is 18.4 Å². The Morgan fingerprint density at radius 1 is 1.50 bits per heavy atom. The molecule has 1 aromatic carbocycles. The Balaban J connectivity index is 2.62. The van der Waals surface area contributed by atoms with E-state index in [0.717, 1.165) is 5.56 Å². The molecule has 14 heavy (non-hydrogen) atoms. The van der Waals surface area contributed by atoms with Crippen LogP contribution in [0.5, 0.6) is 0 Å². The van der Waals surface area contributed by atoms with Crippen molar-refractivity contribution in [1.29, 1.82) is 0 Å². The Morgan fingerprint density at radius 2 is 2.21 bits per heavy atom. The first-order valence-corrected chi connectivity index (χ1v) is 4.57. The number of aryl methyl sites for hydroxylation is 1. The van der Waals surface area contributed by atoms with Crippen molar-refractivity contribution < 1.29 is 14.3 Å². The molecule has 0 radical (unpaired) electrons. The second kappa shape index (κ2) is 4.74. The van der Waals surface area contributed by atoms with Gasteiger partial charge < -0.3 is 5.11 Å². The van der Waals surface area contributed by atoms with Crippen molar-refractivity contribution in [1.82, 2.24) is 0 Å². The third-order valence-electron chi connectivity index (χ3n) is 2.17. The zero-order valence-electron chi connectivity index (χ0n) is 8.09. The normalized spacial score (nSPS) is 10.1. The van der Waals surface area contributed by atoms with Gasteiger partial charge in [-0.2, -0.15) is 0 Å². The molecule has 0 saturated heterocycles. The first-order chi connectivity index (χ1) is 6.61. The third-order valence-corrected chi connectivity index (χ3v) is 2.17. The summed E-state index contributed by atoms with van der Waals surface area (Å²) in [6, 6.07) is 4.90. The summed E-state index contributed by atoms with van der Waals surface area (Å²) in [7, 11) is 0. The highest BCUT2D eigenvalue weighted by molar-refractivity contribution is 5.66. The maximum atomic E-state index is 13.2. The van der Waals surface area contributed by atoms with Gasteiger partial charge in [-0.15, -0.1) is 0 Å². The van der Waals surface area contributed by atoms with Crippen LogP contribution in [0.3, 0.4) is 0 Å². The molecule has 0 aliphatic rings. The molecular formula is C11H13FO2. The predicted octanol–water partition coefficient (Wildman–Crippen LogP) is 2.54. The maximum Gasteiger partial charge on any atom is 0.303 e. The van der Waals surface area contributed by atoms with Gasteiger partial charge in [-0.1, -0.05) is 12.1 Å². The lowest BCUT2D eigenvalue weighted by atomic mass is 10.0. The monoisotopic (exact) mass is 196 g/mol. The summed E-state index contributed by atoms with van der Waals surface area (Å²) < 4.78 is 13.2. The van der Waals surface area contributed by atoms with Gasteiger partial charge in [-0.3, -0.25) is 4.79 Å². The molecule has 0 atom stereocenters. The van der Waals surface area contributed by atoms with Gasteiger partial charge in [0.15, 0.2) is 0 Å². The molecular weight excluding hydrogens is 183 g/mol. The number of carboxylic acid groups (broad SMARTS) is 1. The molecule has 1 rings (SSSR count). The van der Waals surface area contributed by atoms with E-state index in [-0.39, 0.29) is 12.2 Å². The molecule has 0 saturated carbocycles. The molecule has 0 aromatic heterocycles. The number of carboxylic acids is 1. The summed E-state index contributed by atoms with van der Waals surface area (Å²) in [4.78, 5) is 10.3. The largest absolute Gasteiger partial charge is 0.481 e. The summed E-state index contributed by atoms with van der Waals surface area (Å²) in [5.41, 5.74) is 1.52. The number of hydrogen-bond donors (Lipinski definition) is 1. The number of aliphatic carboxylic acids is 1. The van der Waals surface area contributed by atoms with Crippen LogP contribution in [0.2, 0.25) is 0 Å². The highest BCUT2D eigenvalue weighted by Gasteiger charge is 2.05. The standard InChI is InChI=1S/C11H13FO2/c1-8-4-2-6-10(12)9(8)5-3-7-11(13)14/h2,4,6H,3,5,7H2,1H3,(H,13,14). The summed E-state index contributed by atoms with van der Waals surface area (Å²) in [6.45, 7) is 1.83. The summed E-state index contributed by atoms with van der Waals surface area (Å²) in [5, 5.41) is 8.44. The smallest absolute Gasteiger partial charge is 0.303 e. The molecule has 1 aromatic rings. The van der Waals surface area contributed by atoms with Crippen LogP contribution >= 0.6 is 0 Å². The molecule has 2 nitrogen and oxygen atoms in total. The highest BCUT2D eigenvalue weighted by atomic mass is 19.1. The Hall–Kier alpha value is -1.38. The van der Waals surface area contributed by atoms with Gasteiger partial charge in [0.05, 0.1) is 0 Å². The van der Waals surface area contributed by atoms with Gasteiger partial charge in [0.25, 0.3) is 0 Å². The van der Waals surface area contributed by atoms with E-state index in [9.17, 15) is 9.18 Å². The van der Waals surface area contributed by atoms with Crippen molar-refractivity contribution in [3.8, 4) is 0 Å². The molecule has 0 aliphatic carbocycles. The van der Waals surface area contributed by atoms with Gasteiger partial charge in [0.1, 0.15) is 5.82 Å². The lowest BCUT2D eigenvalue weighted by Gasteiger charge is -2.05. The quantitative estimate of drug-likeness (QED) is 0.803.